The second-order valence-electron chi connectivity index (χ2n) is 4.40. The third kappa shape index (κ3) is 3.69. The van der Waals surface area contributed by atoms with Gasteiger partial charge in [-0.25, -0.2) is 4.39 Å². The topological polar surface area (TPSA) is 12.0 Å². The molecule has 0 aromatic heterocycles. The maximum Gasteiger partial charge on any atom is 0.416 e. The Bertz CT molecular complexity index is 641. The van der Waals surface area contributed by atoms with Crippen molar-refractivity contribution in [1.29, 1.82) is 0 Å². The van der Waals surface area contributed by atoms with E-state index in [-0.39, 0.29) is 11.8 Å². The highest BCUT2D eigenvalue weighted by atomic mass is 19.4. The Labute approximate surface area is 120 Å². The normalized spacial score (nSPS) is 12.3. The average Bonchev–Trinajstić information content (AvgIpc) is 2.39. The van der Waals surface area contributed by atoms with Crippen molar-refractivity contribution in [3.05, 3.63) is 59.4 Å². The summed E-state index contributed by atoms with van der Waals surface area (Å²) >= 11 is 0. The zero-order valence-corrected chi connectivity index (χ0v) is 10.7. The molecule has 0 spiro atoms. The van der Waals surface area contributed by atoms with Crippen LogP contribution in [0, 0.1) is 5.82 Å². The fraction of sp³-hybridized carbons (Fsp3) is 0.143. The molecule has 2 rings (SSSR count). The fourth-order valence-corrected chi connectivity index (χ4v) is 1.75. The zero-order chi connectivity index (χ0) is 16.5. The Kier molecular flexibility index (Phi) is 4.04. The molecule has 2 aromatic carbocycles. The molecule has 0 fully saturated rings. The van der Waals surface area contributed by atoms with E-state index >= 15 is 0 Å². The summed E-state index contributed by atoms with van der Waals surface area (Å²) in [6, 6.07) is 5.94. The van der Waals surface area contributed by atoms with Crippen LogP contribution in [-0.2, 0) is 12.4 Å². The first-order valence-electron chi connectivity index (χ1n) is 5.88. The van der Waals surface area contributed by atoms with Crippen LogP contribution in [0.5, 0.6) is 0 Å². The molecule has 0 saturated heterocycles. The van der Waals surface area contributed by atoms with E-state index in [1.807, 2.05) is 0 Å². The lowest BCUT2D eigenvalue weighted by molar-refractivity contribution is -0.143. The molecule has 1 nitrogen and oxygen atoms in total. The van der Waals surface area contributed by atoms with E-state index in [1.165, 1.54) is 18.2 Å². The number of halogens is 7. The smallest absolute Gasteiger partial charge is 0.353 e. The van der Waals surface area contributed by atoms with Crippen molar-refractivity contribution in [3.63, 3.8) is 0 Å². The number of para-hydroxylation sites is 1. The molecule has 0 aliphatic heterocycles. The van der Waals surface area contributed by atoms with Gasteiger partial charge in [0.15, 0.2) is 0 Å². The molecule has 2 aromatic rings. The van der Waals surface area contributed by atoms with E-state index in [0.29, 0.717) is 12.1 Å². The van der Waals surface area contributed by atoms with Crippen LogP contribution in [0.15, 0.2) is 42.5 Å². The lowest BCUT2D eigenvalue weighted by Gasteiger charge is -2.15. The Balaban J connectivity index is 2.49. The third-order valence-electron chi connectivity index (χ3n) is 2.74. The summed E-state index contributed by atoms with van der Waals surface area (Å²) in [4.78, 5) is 0. The molecule has 0 aliphatic rings. The van der Waals surface area contributed by atoms with Crippen molar-refractivity contribution in [2.75, 3.05) is 5.32 Å². The van der Waals surface area contributed by atoms with Gasteiger partial charge in [-0.2, -0.15) is 26.3 Å². The first-order valence-corrected chi connectivity index (χ1v) is 5.88. The van der Waals surface area contributed by atoms with Gasteiger partial charge in [0.25, 0.3) is 0 Å². The molecule has 1 N–H and O–H groups in total. The molecule has 0 bridgehead atoms. The molecular weight excluding hydrogens is 315 g/mol. The summed E-state index contributed by atoms with van der Waals surface area (Å²) in [5, 5.41) is 2.22. The van der Waals surface area contributed by atoms with E-state index in [1.54, 1.807) is 0 Å². The molecule has 22 heavy (non-hydrogen) atoms. The molecular formula is C14H8F7N. The maximum atomic E-state index is 13.4. The summed E-state index contributed by atoms with van der Waals surface area (Å²) < 4.78 is 89.5. The highest BCUT2D eigenvalue weighted by Gasteiger charge is 2.36. The quantitative estimate of drug-likeness (QED) is 0.709. The first kappa shape index (κ1) is 16.1. The number of anilines is 2. The molecule has 0 radical (unpaired) electrons. The Hall–Kier alpha value is -2.25. The van der Waals surface area contributed by atoms with Crippen LogP contribution in [0.2, 0.25) is 0 Å². The van der Waals surface area contributed by atoms with Crippen LogP contribution in [0.4, 0.5) is 42.1 Å². The van der Waals surface area contributed by atoms with Gasteiger partial charge >= 0.3 is 12.4 Å². The molecule has 0 aliphatic carbocycles. The summed E-state index contributed by atoms with van der Waals surface area (Å²) in [6.07, 6.45) is -9.90. The van der Waals surface area contributed by atoms with E-state index < -0.39 is 35.0 Å². The Morgan fingerprint density at radius 2 is 1.23 bits per heavy atom. The molecule has 118 valence electrons. The molecule has 0 atom stereocenters. The number of hydrogen-bond donors (Lipinski definition) is 1. The van der Waals surface area contributed by atoms with Gasteiger partial charge in [-0.05, 0) is 30.3 Å². The summed E-state index contributed by atoms with van der Waals surface area (Å²) in [6.45, 7) is 0. The van der Waals surface area contributed by atoms with Crippen LogP contribution >= 0.6 is 0 Å². The van der Waals surface area contributed by atoms with Crippen molar-refractivity contribution in [3.8, 4) is 0 Å². The number of rotatable bonds is 2. The molecule has 0 heterocycles. The van der Waals surface area contributed by atoms with Crippen LogP contribution < -0.4 is 5.32 Å². The molecule has 8 heteroatoms. The number of benzene rings is 2. The highest BCUT2D eigenvalue weighted by Crippen LogP contribution is 2.38. The van der Waals surface area contributed by atoms with E-state index in [2.05, 4.69) is 5.32 Å². The largest absolute Gasteiger partial charge is 0.416 e. The van der Waals surface area contributed by atoms with Gasteiger partial charge in [-0.3, -0.25) is 0 Å². The molecule has 0 saturated carbocycles. The summed E-state index contributed by atoms with van der Waals surface area (Å²) in [5.74, 6) is -0.798. The molecule has 0 amide bonds. The van der Waals surface area contributed by atoms with Crippen LogP contribution in [0.3, 0.4) is 0 Å². The van der Waals surface area contributed by atoms with Crippen molar-refractivity contribution < 1.29 is 30.7 Å². The van der Waals surface area contributed by atoms with Crippen LogP contribution in [0.1, 0.15) is 11.1 Å². The number of nitrogens with one attached hydrogen (secondary N) is 1. The summed E-state index contributed by atoms with van der Waals surface area (Å²) in [7, 11) is 0. The van der Waals surface area contributed by atoms with Gasteiger partial charge in [0.1, 0.15) is 5.82 Å². The lowest BCUT2D eigenvalue weighted by atomic mass is 10.1. The predicted octanol–water partition coefficient (Wildman–Crippen LogP) is 5.61. The second-order valence-corrected chi connectivity index (χ2v) is 4.40. The lowest BCUT2D eigenvalue weighted by Crippen LogP contribution is -2.11. The van der Waals surface area contributed by atoms with Gasteiger partial charge in [-0.15, -0.1) is 0 Å². The SMILES string of the molecule is Fc1ccccc1Nc1cc(C(F)(F)F)cc(C(F)(F)F)c1. The van der Waals surface area contributed by atoms with Crippen LogP contribution in [0.25, 0.3) is 0 Å². The Morgan fingerprint density at radius 3 is 1.68 bits per heavy atom. The molecule has 0 unspecified atom stereocenters. The maximum absolute atomic E-state index is 13.4. The number of hydrogen-bond acceptors (Lipinski definition) is 1. The van der Waals surface area contributed by atoms with E-state index in [4.69, 9.17) is 0 Å². The number of alkyl halides is 6. The average molecular weight is 323 g/mol. The standard InChI is InChI=1S/C14H8F7N/c15-11-3-1-2-4-12(11)22-10-6-8(13(16,17)18)5-9(7-10)14(19,20)21/h1-7,22H. The predicted molar refractivity (Wildman–Crippen MR) is 66.1 cm³/mol. The minimum Gasteiger partial charge on any atom is -0.353 e. The zero-order valence-electron chi connectivity index (χ0n) is 10.7. The van der Waals surface area contributed by atoms with Crippen LogP contribution in [-0.4, -0.2) is 0 Å². The monoisotopic (exact) mass is 323 g/mol. The van der Waals surface area contributed by atoms with Crippen molar-refractivity contribution in [2.24, 2.45) is 0 Å². The highest BCUT2D eigenvalue weighted by molar-refractivity contribution is 5.62. The van der Waals surface area contributed by atoms with Gasteiger partial charge < -0.3 is 5.32 Å². The Morgan fingerprint density at radius 1 is 0.727 bits per heavy atom. The van der Waals surface area contributed by atoms with Crippen molar-refractivity contribution in [1.82, 2.24) is 0 Å². The fourth-order valence-electron chi connectivity index (χ4n) is 1.75. The van der Waals surface area contributed by atoms with Gasteiger partial charge in [0, 0.05) is 5.69 Å². The van der Waals surface area contributed by atoms with Gasteiger partial charge in [-0.1, -0.05) is 12.1 Å². The second kappa shape index (κ2) is 5.51. The van der Waals surface area contributed by atoms with E-state index in [0.717, 1.165) is 6.07 Å². The minimum atomic E-state index is -4.95. The van der Waals surface area contributed by atoms with E-state index in [9.17, 15) is 30.7 Å². The van der Waals surface area contributed by atoms with Gasteiger partial charge in [0.2, 0.25) is 0 Å². The minimum absolute atomic E-state index is 0.00648. The first-order chi connectivity index (χ1) is 10.1. The van der Waals surface area contributed by atoms with Crippen molar-refractivity contribution in [2.45, 2.75) is 12.4 Å². The van der Waals surface area contributed by atoms with Gasteiger partial charge in [0.05, 0.1) is 16.8 Å². The van der Waals surface area contributed by atoms with Crippen molar-refractivity contribution >= 4 is 11.4 Å². The summed E-state index contributed by atoms with van der Waals surface area (Å²) in [5.41, 5.74) is -3.68. The third-order valence-corrected chi connectivity index (χ3v) is 2.74.